The van der Waals surface area contributed by atoms with E-state index in [4.69, 9.17) is 16.3 Å². The fourth-order valence-electron chi connectivity index (χ4n) is 2.88. The van der Waals surface area contributed by atoms with Gasteiger partial charge in [0, 0.05) is 24.5 Å². The highest BCUT2D eigenvalue weighted by Crippen LogP contribution is 2.40. The number of β-amino-alcohol motifs (C(OH)–C–C–N with tert-alkyl or cyclic N) is 1. The molecule has 1 unspecified atom stereocenters. The number of anilines is 1. The highest BCUT2D eigenvalue weighted by Gasteiger charge is 2.32. The van der Waals surface area contributed by atoms with Crippen molar-refractivity contribution < 1.29 is 19.4 Å². The van der Waals surface area contributed by atoms with Gasteiger partial charge < -0.3 is 14.7 Å². The molecule has 2 heterocycles. The maximum Gasteiger partial charge on any atom is 0.234 e. The normalized spacial score (nSPS) is 22.3. The number of ether oxygens (including phenoxy) is 1. The first-order valence-electron chi connectivity index (χ1n) is 7.13. The summed E-state index contributed by atoms with van der Waals surface area (Å²) in [7, 11) is 1.55. The maximum absolute atomic E-state index is 12.0. The van der Waals surface area contributed by atoms with E-state index in [0.29, 0.717) is 42.3 Å². The highest BCUT2D eigenvalue weighted by atomic mass is 35.5. The molecule has 118 valence electrons. The van der Waals surface area contributed by atoms with Crippen molar-refractivity contribution in [3.8, 4) is 5.75 Å². The number of halogens is 1. The van der Waals surface area contributed by atoms with E-state index in [0.717, 1.165) is 5.69 Å². The third-order valence-corrected chi connectivity index (χ3v) is 4.44. The molecule has 2 aliphatic rings. The van der Waals surface area contributed by atoms with Gasteiger partial charge >= 0.3 is 0 Å². The van der Waals surface area contributed by atoms with Crippen LogP contribution < -0.4 is 15.0 Å². The molecule has 0 saturated carbocycles. The van der Waals surface area contributed by atoms with Gasteiger partial charge in [0.25, 0.3) is 0 Å². The number of piperidine rings is 1. The summed E-state index contributed by atoms with van der Waals surface area (Å²) in [5, 5.41) is 12.2. The van der Waals surface area contributed by atoms with Gasteiger partial charge in [0.15, 0.2) is 0 Å². The minimum atomic E-state index is -0.449. The van der Waals surface area contributed by atoms with Crippen molar-refractivity contribution in [1.29, 1.82) is 0 Å². The summed E-state index contributed by atoms with van der Waals surface area (Å²) in [4.78, 5) is 25.2. The quantitative estimate of drug-likeness (QED) is 0.813. The van der Waals surface area contributed by atoms with Crippen molar-refractivity contribution in [2.45, 2.75) is 24.9 Å². The summed E-state index contributed by atoms with van der Waals surface area (Å²) in [6, 6.07) is 3.51. The number of carbonyl (C=O) groups excluding carboxylic acids is 2. The van der Waals surface area contributed by atoms with Crippen LogP contribution in [0.15, 0.2) is 12.1 Å². The van der Waals surface area contributed by atoms with Crippen LogP contribution in [0.4, 0.5) is 5.69 Å². The van der Waals surface area contributed by atoms with Crippen LogP contribution in [0.25, 0.3) is 0 Å². The smallest absolute Gasteiger partial charge is 0.234 e. The zero-order valence-corrected chi connectivity index (χ0v) is 12.9. The van der Waals surface area contributed by atoms with Crippen LogP contribution in [0, 0.1) is 0 Å². The van der Waals surface area contributed by atoms with E-state index in [1.165, 1.54) is 0 Å². The Kier molecular flexibility index (Phi) is 3.97. The van der Waals surface area contributed by atoms with Crippen molar-refractivity contribution in [2.24, 2.45) is 0 Å². The number of amides is 2. The molecule has 7 heteroatoms. The second kappa shape index (κ2) is 5.78. The number of aliphatic hydroxyl groups excluding tert-OH is 1. The minimum absolute atomic E-state index is 0.254. The number of benzene rings is 1. The lowest BCUT2D eigenvalue weighted by molar-refractivity contribution is -0.134. The number of nitrogens with one attached hydrogen (secondary N) is 1. The molecule has 2 saturated heterocycles. The van der Waals surface area contributed by atoms with Crippen molar-refractivity contribution in [3.05, 3.63) is 22.7 Å². The van der Waals surface area contributed by atoms with Gasteiger partial charge in [-0.25, -0.2) is 0 Å². The summed E-state index contributed by atoms with van der Waals surface area (Å²) in [5.74, 6) is -0.422. The molecule has 1 aromatic carbocycles. The third-order valence-electron chi connectivity index (χ3n) is 4.12. The van der Waals surface area contributed by atoms with Gasteiger partial charge in [0.2, 0.25) is 11.8 Å². The first kappa shape index (κ1) is 15.1. The molecule has 1 atom stereocenters. The zero-order valence-electron chi connectivity index (χ0n) is 12.1. The number of hydrogen-bond acceptors (Lipinski definition) is 5. The molecule has 0 bridgehead atoms. The van der Waals surface area contributed by atoms with E-state index in [9.17, 15) is 14.7 Å². The molecule has 0 spiro atoms. The molecule has 0 aromatic heterocycles. The summed E-state index contributed by atoms with van der Waals surface area (Å²) >= 11 is 6.35. The predicted molar refractivity (Wildman–Crippen MR) is 81.3 cm³/mol. The molecule has 2 amide bonds. The van der Waals surface area contributed by atoms with Gasteiger partial charge in [-0.1, -0.05) is 11.6 Å². The zero-order chi connectivity index (χ0) is 15.9. The third kappa shape index (κ3) is 2.64. The van der Waals surface area contributed by atoms with Crippen LogP contribution in [-0.2, 0) is 9.59 Å². The van der Waals surface area contributed by atoms with Gasteiger partial charge in [-0.3, -0.25) is 14.9 Å². The lowest BCUT2D eigenvalue weighted by atomic mass is 9.90. The molecule has 0 radical (unpaired) electrons. The molecule has 2 aliphatic heterocycles. The van der Waals surface area contributed by atoms with Gasteiger partial charge in [-0.05, 0) is 24.1 Å². The largest absolute Gasteiger partial charge is 0.495 e. The fraction of sp³-hybridized carbons (Fsp3) is 0.467. The van der Waals surface area contributed by atoms with Gasteiger partial charge in [0.05, 0.1) is 24.8 Å². The van der Waals surface area contributed by atoms with E-state index >= 15 is 0 Å². The second-order valence-electron chi connectivity index (χ2n) is 5.61. The number of methoxy groups -OCH3 is 1. The van der Waals surface area contributed by atoms with Crippen LogP contribution in [-0.4, -0.2) is 43.2 Å². The molecule has 22 heavy (non-hydrogen) atoms. The number of aliphatic hydroxyl groups is 1. The molecule has 6 nitrogen and oxygen atoms in total. The van der Waals surface area contributed by atoms with E-state index < -0.39 is 5.92 Å². The van der Waals surface area contributed by atoms with E-state index in [2.05, 4.69) is 5.32 Å². The Labute approximate surface area is 133 Å². The van der Waals surface area contributed by atoms with E-state index in [-0.39, 0.29) is 17.9 Å². The number of imide groups is 1. The Morgan fingerprint density at radius 3 is 2.68 bits per heavy atom. The van der Waals surface area contributed by atoms with Crippen LogP contribution in [0.2, 0.25) is 5.02 Å². The summed E-state index contributed by atoms with van der Waals surface area (Å²) in [6.45, 7) is 1.06. The summed E-state index contributed by atoms with van der Waals surface area (Å²) in [5.41, 5.74) is 1.46. The number of carbonyl (C=O) groups is 2. The number of hydrogen-bond donors (Lipinski definition) is 2. The van der Waals surface area contributed by atoms with Crippen molar-refractivity contribution >= 4 is 29.1 Å². The Hall–Kier alpha value is -1.79. The van der Waals surface area contributed by atoms with E-state index in [1.807, 2.05) is 4.90 Å². The van der Waals surface area contributed by atoms with Crippen LogP contribution in [0.1, 0.15) is 24.3 Å². The predicted octanol–water partition coefficient (Wildman–Crippen LogP) is 1.05. The minimum Gasteiger partial charge on any atom is -0.495 e. The molecule has 3 rings (SSSR count). The molecular formula is C15H17ClN2O4. The van der Waals surface area contributed by atoms with Gasteiger partial charge in [0.1, 0.15) is 5.75 Å². The Morgan fingerprint density at radius 2 is 2.09 bits per heavy atom. The Morgan fingerprint density at radius 1 is 1.36 bits per heavy atom. The Bertz CT molecular complexity index is 628. The second-order valence-corrected chi connectivity index (χ2v) is 6.02. The average Bonchev–Trinajstić information content (AvgIpc) is 2.44. The first-order chi connectivity index (χ1) is 10.5. The monoisotopic (exact) mass is 324 g/mol. The van der Waals surface area contributed by atoms with Crippen molar-refractivity contribution in [2.75, 3.05) is 25.1 Å². The van der Waals surface area contributed by atoms with Crippen LogP contribution in [0.5, 0.6) is 5.75 Å². The molecular weight excluding hydrogens is 308 g/mol. The average molecular weight is 325 g/mol. The van der Waals surface area contributed by atoms with Gasteiger partial charge in [-0.2, -0.15) is 0 Å². The maximum atomic E-state index is 12.0. The lowest BCUT2D eigenvalue weighted by Gasteiger charge is -2.39. The molecule has 1 aromatic rings. The fourth-order valence-corrected chi connectivity index (χ4v) is 3.17. The van der Waals surface area contributed by atoms with Crippen LogP contribution >= 0.6 is 11.6 Å². The first-order valence-corrected chi connectivity index (χ1v) is 7.51. The number of nitrogens with zero attached hydrogens (tertiary/aromatic N) is 1. The lowest BCUT2D eigenvalue weighted by Crippen LogP contribution is -2.51. The SMILES string of the molecule is COc1cc(C2CCC(=O)NC2=O)c(Cl)cc1N1CC(O)C1. The number of rotatable bonds is 3. The van der Waals surface area contributed by atoms with Crippen molar-refractivity contribution in [1.82, 2.24) is 5.32 Å². The highest BCUT2D eigenvalue weighted by molar-refractivity contribution is 6.32. The summed E-state index contributed by atoms with van der Waals surface area (Å²) in [6.07, 6.45) is 0.406. The molecule has 0 aliphatic carbocycles. The van der Waals surface area contributed by atoms with Crippen LogP contribution in [0.3, 0.4) is 0 Å². The molecule has 2 N–H and O–H groups in total. The topological polar surface area (TPSA) is 78.9 Å². The molecule has 2 fully saturated rings. The Balaban J connectivity index is 1.92. The van der Waals surface area contributed by atoms with Crippen molar-refractivity contribution in [3.63, 3.8) is 0 Å². The van der Waals surface area contributed by atoms with E-state index in [1.54, 1.807) is 19.2 Å². The standard InChI is InChI=1S/C15H17ClN2O4/c1-22-13-4-10(9-2-3-14(20)17-15(9)21)11(16)5-12(13)18-6-8(19)7-18/h4-5,8-9,19H,2-3,6-7H2,1H3,(H,17,20,21). The van der Waals surface area contributed by atoms with Gasteiger partial charge in [-0.15, -0.1) is 0 Å². The summed E-state index contributed by atoms with van der Waals surface area (Å²) < 4.78 is 5.40.